The molecule has 0 fully saturated rings. The summed E-state index contributed by atoms with van der Waals surface area (Å²) in [7, 11) is 0.590. The lowest BCUT2D eigenvalue weighted by atomic mass is 10.6. The van der Waals surface area contributed by atoms with Crippen molar-refractivity contribution in [3.05, 3.63) is 0 Å². The van der Waals surface area contributed by atoms with Crippen LogP contribution in [0, 0.1) is 0 Å². The van der Waals surface area contributed by atoms with Gasteiger partial charge in [-0.1, -0.05) is 0 Å². The maximum absolute atomic E-state index is 10.8. The molecule has 0 heterocycles. The van der Waals surface area contributed by atoms with E-state index in [0.29, 0.717) is 13.2 Å². The van der Waals surface area contributed by atoms with Crippen LogP contribution >= 0.6 is 11.6 Å². The average Bonchev–Trinajstić information content (AvgIpc) is 2.10. The Morgan fingerprint density at radius 2 is 2.00 bits per heavy atom. The molecule has 7 heteroatoms. The Bertz CT molecular complexity index is 231. The van der Waals surface area contributed by atoms with Crippen LogP contribution in [0.4, 0.5) is 0 Å². The molecule has 86 valence electrons. The normalized spacial score (nSPS) is 12.3. The molecule has 0 bridgehead atoms. The minimum Gasteiger partial charge on any atom is -0.379 e. The molecule has 0 amide bonds. The highest BCUT2D eigenvalue weighted by Gasteiger charge is 2.05. The summed E-state index contributed by atoms with van der Waals surface area (Å²) in [4.78, 5) is 1.99. The predicted octanol–water partition coefficient (Wildman–Crippen LogP) is -0.320. The standard InChI is InChI=1S/C7H17ClN2O3S/c1-10(2)4-6-13-5-3-9-14(11,12)7-8/h9H,3-7H2,1-2H3. The number of hydrogen-bond acceptors (Lipinski definition) is 4. The molecule has 0 aliphatic carbocycles. The first kappa shape index (κ1) is 14.1. The number of nitrogens with zero attached hydrogens (tertiary/aromatic N) is 1. The van der Waals surface area contributed by atoms with Gasteiger partial charge < -0.3 is 9.64 Å². The van der Waals surface area contributed by atoms with Crippen molar-refractivity contribution in [3.63, 3.8) is 0 Å². The van der Waals surface area contributed by atoms with Gasteiger partial charge >= 0.3 is 0 Å². The first-order valence-electron chi connectivity index (χ1n) is 4.23. The first-order chi connectivity index (χ1) is 6.48. The summed E-state index contributed by atoms with van der Waals surface area (Å²) in [5.41, 5.74) is 0. The lowest BCUT2D eigenvalue weighted by Gasteiger charge is -2.09. The number of sulfonamides is 1. The van der Waals surface area contributed by atoms with Crippen LogP contribution in [0.2, 0.25) is 0 Å². The van der Waals surface area contributed by atoms with Crippen LogP contribution in [0.5, 0.6) is 0 Å². The molecular formula is C7H17ClN2O3S. The van der Waals surface area contributed by atoms with Gasteiger partial charge in [0.05, 0.1) is 13.2 Å². The molecule has 0 aromatic carbocycles. The van der Waals surface area contributed by atoms with Crippen molar-refractivity contribution in [2.45, 2.75) is 0 Å². The molecular weight excluding hydrogens is 228 g/mol. The smallest absolute Gasteiger partial charge is 0.225 e. The maximum Gasteiger partial charge on any atom is 0.225 e. The van der Waals surface area contributed by atoms with E-state index in [1.165, 1.54) is 0 Å². The predicted molar refractivity (Wildman–Crippen MR) is 57.0 cm³/mol. The van der Waals surface area contributed by atoms with Gasteiger partial charge in [-0.15, -0.1) is 11.6 Å². The topological polar surface area (TPSA) is 58.6 Å². The van der Waals surface area contributed by atoms with Crippen LogP contribution in [0.15, 0.2) is 0 Å². The number of likely N-dealkylation sites (N-methyl/N-ethyl adjacent to an activating group) is 1. The van der Waals surface area contributed by atoms with E-state index in [4.69, 9.17) is 16.3 Å². The van der Waals surface area contributed by atoms with Crippen molar-refractivity contribution in [3.8, 4) is 0 Å². The molecule has 0 atom stereocenters. The van der Waals surface area contributed by atoms with Crippen LogP contribution in [0.1, 0.15) is 0 Å². The zero-order valence-electron chi connectivity index (χ0n) is 8.49. The zero-order chi connectivity index (χ0) is 11.0. The third-order valence-electron chi connectivity index (χ3n) is 1.39. The Morgan fingerprint density at radius 1 is 1.36 bits per heavy atom. The Labute approximate surface area is 90.4 Å². The van der Waals surface area contributed by atoms with Crippen LogP contribution in [-0.4, -0.2) is 58.9 Å². The van der Waals surface area contributed by atoms with E-state index in [1.807, 2.05) is 19.0 Å². The van der Waals surface area contributed by atoms with Gasteiger partial charge in [0, 0.05) is 13.1 Å². The lowest BCUT2D eigenvalue weighted by molar-refractivity contribution is 0.122. The lowest BCUT2D eigenvalue weighted by Crippen LogP contribution is -2.29. The number of rotatable bonds is 8. The molecule has 0 spiro atoms. The van der Waals surface area contributed by atoms with Crippen LogP contribution in [0.25, 0.3) is 0 Å². The molecule has 5 nitrogen and oxygen atoms in total. The third-order valence-corrected chi connectivity index (χ3v) is 3.19. The monoisotopic (exact) mass is 244 g/mol. The van der Waals surface area contributed by atoms with Crippen molar-refractivity contribution in [2.24, 2.45) is 0 Å². The van der Waals surface area contributed by atoms with Gasteiger partial charge in [0.15, 0.2) is 0 Å². The van der Waals surface area contributed by atoms with Crippen molar-refractivity contribution in [1.82, 2.24) is 9.62 Å². The van der Waals surface area contributed by atoms with E-state index in [0.717, 1.165) is 6.54 Å². The van der Waals surface area contributed by atoms with Gasteiger partial charge in [0.1, 0.15) is 5.21 Å². The summed E-state index contributed by atoms with van der Waals surface area (Å²) in [6.07, 6.45) is 0. The molecule has 0 saturated heterocycles. The van der Waals surface area contributed by atoms with Gasteiger partial charge in [-0.25, -0.2) is 13.1 Å². The summed E-state index contributed by atoms with van der Waals surface area (Å²) in [5, 5.41) is -0.412. The van der Waals surface area contributed by atoms with Gasteiger partial charge in [0.2, 0.25) is 10.0 Å². The van der Waals surface area contributed by atoms with E-state index in [9.17, 15) is 8.42 Å². The molecule has 0 aliphatic heterocycles. The molecule has 0 aliphatic rings. The van der Waals surface area contributed by atoms with Gasteiger partial charge in [-0.05, 0) is 14.1 Å². The van der Waals surface area contributed by atoms with Gasteiger partial charge in [-0.3, -0.25) is 0 Å². The largest absolute Gasteiger partial charge is 0.379 e. The summed E-state index contributed by atoms with van der Waals surface area (Å²) in [6.45, 7) is 2.05. The number of nitrogens with one attached hydrogen (secondary N) is 1. The van der Waals surface area contributed by atoms with Crippen LogP contribution in [-0.2, 0) is 14.8 Å². The first-order valence-corrected chi connectivity index (χ1v) is 6.42. The fraction of sp³-hybridized carbons (Fsp3) is 1.00. The molecule has 0 aromatic heterocycles. The van der Waals surface area contributed by atoms with E-state index in [2.05, 4.69) is 4.72 Å². The van der Waals surface area contributed by atoms with Gasteiger partial charge in [0.25, 0.3) is 0 Å². The number of halogens is 1. The Morgan fingerprint density at radius 3 is 2.50 bits per heavy atom. The molecule has 1 N–H and O–H groups in total. The quantitative estimate of drug-likeness (QED) is 0.470. The molecule has 0 saturated carbocycles. The Hall–Kier alpha value is 0.120. The molecule has 0 radical (unpaired) electrons. The minimum absolute atomic E-state index is 0.266. The Kier molecular flexibility index (Phi) is 7.48. The summed E-state index contributed by atoms with van der Waals surface area (Å²) >= 11 is 5.18. The number of hydrogen-bond donors (Lipinski definition) is 1. The van der Waals surface area contributed by atoms with E-state index >= 15 is 0 Å². The van der Waals surface area contributed by atoms with E-state index < -0.39 is 15.2 Å². The number of alkyl halides is 1. The fourth-order valence-electron chi connectivity index (χ4n) is 0.657. The molecule has 0 rings (SSSR count). The van der Waals surface area contributed by atoms with Crippen molar-refractivity contribution in [1.29, 1.82) is 0 Å². The highest BCUT2D eigenvalue weighted by atomic mass is 35.5. The highest BCUT2D eigenvalue weighted by molar-refractivity contribution is 7.90. The van der Waals surface area contributed by atoms with E-state index in [-0.39, 0.29) is 6.54 Å². The second-order valence-corrected chi connectivity index (χ2v) is 5.42. The second kappa shape index (κ2) is 7.42. The maximum atomic E-state index is 10.8. The third kappa shape index (κ3) is 8.71. The van der Waals surface area contributed by atoms with Crippen molar-refractivity contribution < 1.29 is 13.2 Å². The molecule has 0 unspecified atom stereocenters. The average molecular weight is 245 g/mol. The molecule has 0 aromatic rings. The fourth-order valence-corrected chi connectivity index (χ4v) is 1.36. The van der Waals surface area contributed by atoms with Gasteiger partial charge in [-0.2, -0.15) is 0 Å². The minimum atomic E-state index is -3.30. The SMILES string of the molecule is CN(C)CCOCCNS(=O)(=O)CCl. The second-order valence-electron chi connectivity index (χ2n) is 3.03. The van der Waals surface area contributed by atoms with Crippen LogP contribution < -0.4 is 4.72 Å². The molecule has 14 heavy (non-hydrogen) atoms. The van der Waals surface area contributed by atoms with Crippen molar-refractivity contribution >= 4 is 21.6 Å². The summed E-state index contributed by atoms with van der Waals surface area (Å²) in [6, 6.07) is 0. The summed E-state index contributed by atoms with van der Waals surface area (Å²) in [5.74, 6) is 0. The number of ether oxygens (including phenoxy) is 1. The summed E-state index contributed by atoms with van der Waals surface area (Å²) < 4.78 is 29.1. The highest BCUT2D eigenvalue weighted by Crippen LogP contribution is 1.87. The Balaban J connectivity index is 3.31. The van der Waals surface area contributed by atoms with E-state index in [1.54, 1.807) is 0 Å². The van der Waals surface area contributed by atoms with Crippen LogP contribution in [0.3, 0.4) is 0 Å². The van der Waals surface area contributed by atoms with Crippen molar-refractivity contribution in [2.75, 3.05) is 45.6 Å². The zero-order valence-corrected chi connectivity index (χ0v) is 10.1.